The molecule has 1 aromatic rings. The molecule has 1 aromatic carbocycles. The van der Waals surface area contributed by atoms with Crippen LogP contribution in [0.1, 0.15) is 37.6 Å². The fourth-order valence-corrected chi connectivity index (χ4v) is 2.15. The molecular weight excluding hydrogens is 350 g/mol. The summed E-state index contributed by atoms with van der Waals surface area (Å²) in [4.78, 5) is 23.3. The van der Waals surface area contributed by atoms with E-state index in [9.17, 15) is 9.59 Å². The number of carbonyl (C=O) groups is 2. The van der Waals surface area contributed by atoms with Crippen molar-refractivity contribution >= 4 is 33.6 Å². The van der Waals surface area contributed by atoms with Crippen LogP contribution in [0, 0.1) is 0 Å². The van der Waals surface area contributed by atoms with E-state index in [1.807, 2.05) is 0 Å². The summed E-state index contributed by atoms with van der Waals surface area (Å²) in [5.74, 6) is -0.203. The summed E-state index contributed by atoms with van der Waals surface area (Å²) in [6.07, 6.45) is 0.146. The zero-order valence-corrected chi connectivity index (χ0v) is 14.6. The number of nitrogens with one attached hydrogen (secondary N) is 2. The number of rotatable bonds is 5. The van der Waals surface area contributed by atoms with Crippen LogP contribution in [0.4, 0.5) is 10.5 Å². The van der Waals surface area contributed by atoms with Crippen molar-refractivity contribution < 1.29 is 14.3 Å². The maximum absolute atomic E-state index is 11.9. The Morgan fingerprint density at radius 1 is 1.18 bits per heavy atom. The van der Waals surface area contributed by atoms with E-state index in [4.69, 9.17) is 10.5 Å². The van der Waals surface area contributed by atoms with Gasteiger partial charge in [0.1, 0.15) is 5.60 Å². The first-order chi connectivity index (χ1) is 10.2. The minimum absolute atomic E-state index is 0.203. The minimum atomic E-state index is -0.515. The monoisotopic (exact) mass is 371 g/mol. The number of anilines is 1. The van der Waals surface area contributed by atoms with Crippen LogP contribution in [0.3, 0.4) is 0 Å². The summed E-state index contributed by atoms with van der Waals surface area (Å²) >= 11 is 3.29. The first-order valence-corrected chi connectivity index (χ1v) is 7.78. The molecule has 7 heteroatoms. The van der Waals surface area contributed by atoms with E-state index < -0.39 is 11.7 Å². The van der Waals surface area contributed by atoms with E-state index in [2.05, 4.69) is 26.6 Å². The number of alkyl carbamates (subject to hydrolysis) is 1. The van der Waals surface area contributed by atoms with E-state index in [-0.39, 0.29) is 5.91 Å². The Kier molecular flexibility index (Phi) is 6.67. The predicted molar refractivity (Wildman–Crippen MR) is 89.7 cm³/mol. The Bertz CT molecular complexity index is 521. The first-order valence-electron chi connectivity index (χ1n) is 6.98. The topological polar surface area (TPSA) is 93.5 Å². The molecule has 0 bridgehead atoms. The van der Waals surface area contributed by atoms with Crippen molar-refractivity contribution in [1.82, 2.24) is 10.6 Å². The summed E-state index contributed by atoms with van der Waals surface area (Å²) in [6, 6.07) is 5.03. The van der Waals surface area contributed by atoms with Crippen molar-refractivity contribution in [2.24, 2.45) is 0 Å². The van der Waals surface area contributed by atoms with Crippen molar-refractivity contribution in [2.75, 3.05) is 18.8 Å². The molecule has 0 saturated carbocycles. The molecular formula is C15H22BrN3O3. The van der Waals surface area contributed by atoms with Gasteiger partial charge >= 0.3 is 6.09 Å². The van der Waals surface area contributed by atoms with Crippen LogP contribution in [0.15, 0.2) is 22.7 Å². The van der Waals surface area contributed by atoms with Gasteiger partial charge in [0, 0.05) is 28.8 Å². The smallest absolute Gasteiger partial charge is 0.407 e. The lowest BCUT2D eigenvalue weighted by atomic mass is 10.2. The molecule has 0 saturated heterocycles. The third-order valence-corrected chi connectivity index (χ3v) is 2.95. The second kappa shape index (κ2) is 8.03. The van der Waals surface area contributed by atoms with Crippen LogP contribution in [-0.4, -0.2) is 30.7 Å². The van der Waals surface area contributed by atoms with Gasteiger partial charge in [-0.15, -0.1) is 0 Å². The normalized spacial score (nSPS) is 10.9. The molecule has 0 atom stereocenters. The van der Waals surface area contributed by atoms with E-state index in [0.717, 1.165) is 4.47 Å². The number of hydrogen-bond donors (Lipinski definition) is 3. The summed E-state index contributed by atoms with van der Waals surface area (Å²) in [5, 5.41) is 5.40. The van der Waals surface area contributed by atoms with Gasteiger partial charge in [-0.2, -0.15) is 0 Å². The lowest BCUT2D eigenvalue weighted by Crippen LogP contribution is -2.34. The van der Waals surface area contributed by atoms with Gasteiger partial charge in [0.05, 0.1) is 0 Å². The zero-order chi connectivity index (χ0) is 16.8. The molecule has 0 aliphatic heterocycles. The highest BCUT2D eigenvalue weighted by Gasteiger charge is 2.15. The molecule has 0 radical (unpaired) electrons. The van der Waals surface area contributed by atoms with Gasteiger partial charge in [0.2, 0.25) is 0 Å². The molecule has 0 fully saturated rings. The van der Waals surface area contributed by atoms with Gasteiger partial charge in [-0.1, -0.05) is 15.9 Å². The van der Waals surface area contributed by atoms with Crippen molar-refractivity contribution in [3.05, 3.63) is 28.2 Å². The second-order valence-electron chi connectivity index (χ2n) is 5.81. The molecule has 122 valence electrons. The lowest BCUT2D eigenvalue weighted by molar-refractivity contribution is 0.0527. The molecule has 2 amide bonds. The Morgan fingerprint density at radius 2 is 1.82 bits per heavy atom. The molecule has 0 heterocycles. The van der Waals surface area contributed by atoms with Crippen LogP contribution < -0.4 is 16.4 Å². The van der Waals surface area contributed by atoms with Crippen LogP contribution in [-0.2, 0) is 4.74 Å². The van der Waals surface area contributed by atoms with Gasteiger partial charge in [-0.05, 0) is 45.4 Å². The van der Waals surface area contributed by atoms with Crippen LogP contribution in [0.25, 0.3) is 0 Å². The van der Waals surface area contributed by atoms with Crippen LogP contribution in [0.2, 0.25) is 0 Å². The minimum Gasteiger partial charge on any atom is -0.444 e. The predicted octanol–water partition coefficient (Wildman–Crippen LogP) is 2.68. The van der Waals surface area contributed by atoms with Crippen molar-refractivity contribution in [2.45, 2.75) is 32.8 Å². The molecule has 0 aliphatic carbocycles. The lowest BCUT2D eigenvalue weighted by Gasteiger charge is -2.19. The van der Waals surface area contributed by atoms with E-state index in [1.54, 1.807) is 39.0 Å². The second-order valence-corrected chi connectivity index (χ2v) is 6.73. The highest BCUT2D eigenvalue weighted by molar-refractivity contribution is 9.10. The fraction of sp³-hybridized carbons (Fsp3) is 0.467. The van der Waals surface area contributed by atoms with Gasteiger partial charge in [0.15, 0.2) is 0 Å². The molecule has 4 N–H and O–H groups in total. The van der Waals surface area contributed by atoms with Crippen molar-refractivity contribution in [3.63, 3.8) is 0 Å². The number of halogens is 1. The van der Waals surface area contributed by atoms with E-state index in [0.29, 0.717) is 30.8 Å². The molecule has 6 nitrogen and oxygen atoms in total. The Labute approximate surface area is 138 Å². The molecule has 22 heavy (non-hydrogen) atoms. The van der Waals surface area contributed by atoms with Crippen molar-refractivity contribution in [1.29, 1.82) is 0 Å². The Balaban J connectivity index is 2.27. The number of carbonyl (C=O) groups excluding carboxylic acids is 2. The summed E-state index contributed by atoms with van der Waals surface area (Å²) in [7, 11) is 0. The summed E-state index contributed by atoms with van der Waals surface area (Å²) in [5.41, 5.74) is 6.18. The average Bonchev–Trinajstić information content (AvgIpc) is 2.34. The van der Waals surface area contributed by atoms with Gasteiger partial charge in [-0.3, -0.25) is 4.79 Å². The highest BCUT2D eigenvalue weighted by Crippen LogP contribution is 2.17. The number of nitrogen functional groups attached to an aromatic ring is 1. The Hall–Kier alpha value is -1.76. The maximum Gasteiger partial charge on any atom is 0.407 e. The summed E-state index contributed by atoms with van der Waals surface area (Å²) < 4.78 is 5.86. The van der Waals surface area contributed by atoms with Crippen LogP contribution >= 0.6 is 15.9 Å². The highest BCUT2D eigenvalue weighted by atomic mass is 79.9. The Morgan fingerprint density at radius 3 is 2.41 bits per heavy atom. The molecule has 0 unspecified atom stereocenters. The largest absolute Gasteiger partial charge is 0.444 e. The molecule has 0 aromatic heterocycles. The van der Waals surface area contributed by atoms with Gasteiger partial charge in [-0.25, -0.2) is 4.79 Å². The van der Waals surface area contributed by atoms with Crippen molar-refractivity contribution in [3.8, 4) is 0 Å². The molecule has 1 rings (SSSR count). The first kappa shape index (κ1) is 18.3. The van der Waals surface area contributed by atoms with Gasteiger partial charge < -0.3 is 21.1 Å². The summed E-state index contributed by atoms with van der Waals surface area (Å²) in [6.45, 7) is 6.28. The average molecular weight is 372 g/mol. The van der Waals surface area contributed by atoms with Gasteiger partial charge in [0.25, 0.3) is 5.91 Å². The molecule has 0 spiro atoms. The maximum atomic E-state index is 11.9. The zero-order valence-electron chi connectivity index (χ0n) is 13.0. The number of hydrogen-bond acceptors (Lipinski definition) is 4. The van der Waals surface area contributed by atoms with E-state index in [1.165, 1.54) is 0 Å². The quantitative estimate of drug-likeness (QED) is 0.547. The number of benzene rings is 1. The number of ether oxygens (including phenoxy) is 1. The fourth-order valence-electron chi connectivity index (χ4n) is 1.64. The standard InChI is InChI=1S/C15H22BrN3O3/c1-15(2,3)22-14(21)19-6-4-5-18-13(20)10-7-11(16)9-12(17)8-10/h7-9H,4-6,17H2,1-3H3,(H,18,20)(H,19,21). The number of nitrogens with two attached hydrogens (primary N) is 1. The van der Waals surface area contributed by atoms with Crippen LogP contribution in [0.5, 0.6) is 0 Å². The number of amides is 2. The SMILES string of the molecule is CC(C)(C)OC(=O)NCCCNC(=O)c1cc(N)cc(Br)c1. The third-order valence-electron chi connectivity index (χ3n) is 2.49. The molecule has 0 aliphatic rings. The van der Waals surface area contributed by atoms with E-state index >= 15 is 0 Å². The third kappa shape index (κ3) is 7.31.